The maximum absolute atomic E-state index is 15.2. The van der Waals surface area contributed by atoms with Crippen molar-refractivity contribution in [3.63, 3.8) is 0 Å². The number of likely N-dealkylation sites (tertiary alicyclic amines) is 1. The number of benzene rings is 2. The van der Waals surface area contributed by atoms with Gasteiger partial charge in [-0.1, -0.05) is 0 Å². The largest absolute Gasteiger partial charge is 0.494 e. The number of nitrogens with zero attached hydrogens (tertiary/aromatic N) is 6. The van der Waals surface area contributed by atoms with Crippen molar-refractivity contribution in [2.75, 3.05) is 44.5 Å². The number of nitrogens with one attached hydrogen (secondary N) is 2. The molecule has 2 aromatic carbocycles. The number of rotatable bonds is 10. The minimum Gasteiger partial charge on any atom is -0.494 e. The van der Waals surface area contributed by atoms with E-state index in [1.54, 1.807) is 48.2 Å². The lowest BCUT2D eigenvalue weighted by atomic mass is 10.1. The standard InChI is InChI=1S/C34H35FN8O5/c1-20-11-27(30(45-3)16-29(20)47-22-6-9-43-32(13-22)37-19-39-43)40-33-24-14-28(41-34(44)25(35)12-21-5-4-8-42(21)2)31(15-26(24)36-18-38-33)48-23-7-10-46-17-23/h6,9,11-16,18-19,21,23H,4-5,7-8,10,17H2,1-3H3,(H,41,44)(H,36,38,40)/b25-12-. The van der Waals surface area contributed by atoms with Crippen LogP contribution in [0, 0.1) is 6.92 Å². The molecule has 2 fully saturated rings. The summed E-state index contributed by atoms with van der Waals surface area (Å²) in [5, 5.41) is 10.8. The highest BCUT2D eigenvalue weighted by molar-refractivity contribution is 6.05. The van der Waals surface area contributed by atoms with Crippen molar-refractivity contribution in [1.29, 1.82) is 0 Å². The van der Waals surface area contributed by atoms with E-state index in [9.17, 15) is 4.79 Å². The molecule has 7 rings (SSSR count). The minimum absolute atomic E-state index is 0.129. The first-order valence-electron chi connectivity index (χ1n) is 15.7. The third-order valence-corrected chi connectivity index (χ3v) is 8.53. The lowest BCUT2D eigenvalue weighted by molar-refractivity contribution is -0.114. The van der Waals surface area contributed by atoms with Crippen molar-refractivity contribution in [3.05, 3.63) is 72.7 Å². The van der Waals surface area contributed by atoms with Crippen LogP contribution in [0.25, 0.3) is 16.6 Å². The van der Waals surface area contributed by atoms with Crippen LogP contribution in [-0.2, 0) is 9.53 Å². The second-order valence-corrected chi connectivity index (χ2v) is 11.8. The Kier molecular flexibility index (Phi) is 8.74. The fourth-order valence-corrected chi connectivity index (χ4v) is 5.90. The molecule has 0 saturated carbocycles. The van der Waals surface area contributed by atoms with Gasteiger partial charge in [0.2, 0.25) is 0 Å². The Morgan fingerprint density at radius 1 is 1.06 bits per heavy atom. The highest BCUT2D eigenvalue weighted by atomic mass is 19.1. The van der Waals surface area contributed by atoms with E-state index in [1.165, 1.54) is 18.7 Å². The molecule has 5 heterocycles. The van der Waals surface area contributed by atoms with Crippen LogP contribution in [0.5, 0.6) is 23.0 Å². The van der Waals surface area contributed by atoms with Gasteiger partial charge in [-0.15, -0.1) is 0 Å². The van der Waals surface area contributed by atoms with Crippen LogP contribution in [0.2, 0.25) is 0 Å². The zero-order valence-corrected chi connectivity index (χ0v) is 26.8. The Morgan fingerprint density at radius 2 is 1.96 bits per heavy atom. The molecule has 0 radical (unpaired) electrons. The average Bonchev–Trinajstić information content (AvgIpc) is 3.86. The molecular weight excluding hydrogens is 619 g/mol. The monoisotopic (exact) mass is 654 g/mol. The van der Waals surface area contributed by atoms with Crippen molar-refractivity contribution in [1.82, 2.24) is 29.5 Å². The molecule has 2 aliphatic heterocycles. The number of carbonyl (C=O) groups excluding carboxylic acids is 1. The summed E-state index contributed by atoms with van der Waals surface area (Å²) in [6.45, 7) is 3.77. The number of carbonyl (C=O) groups is 1. The molecule has 248 valence electrons. The summed E-state index contributed by atoms with van der Waals surface area (Å²) < 4.78 is 40.4. The lowest BCUT2D eigenvalue weighted by Crippen LogP contribution is -2.24. The van der Waals surface area contributed by atoms with Crippen molar-refractivity contribution < 1.29 is 28.1 Å². The summed E-state index contributed by atoms with van der Waals surface area (Å²) in [6, 6.07) is 10.5. The molecule has 1 amide bonds. The van der Waals surface area contributed by atoms with Crippen molar-refractivity contribution in [2.45, 2.75) is 38.3 Å². The van der Waals surface area contributed by atoms with Crippen molar-refractivity contribution in [2.24, 2.45) is 0 Å². The van der Waals surface area contributed by atoms with Crippen LogP contribution in [0.4, 0.5) is 21.6 Å². The van der Waals surface area contributed by atoms with Crippen LogP contribution in [-0.4, -0.2) is 81.4 Å². The highest BCUT2D eigenvalue weighted by Crippen LogP contribution is 2.39. The van der Waals surface area contributed by atoms with E-state index >= 15 is 4.39 Å². The van der Waals surface area contributed by atoms with Gasteiger partial charge < -0.3 is 29.6 Å². The topological polar surface area (TPSA) is 137 Å². The van der Waals surface area contributed by atoms with E-state index in [4.69, 9.17) is 18.9 Å². The van der Waals surface area contributed by atoms with Crippen LogP contribution in [0.15, 0.2) is 67.2 Å². The molecule has 14 heteroatoms. The van der Waals surface area contributed by atoms with Gasteiger partial charge in [-0.2, -0.15) is 5.10 Å². The van der Waals surface area contributed by atoms with E-state index in [2.05, 4.69) is 30.7 Å². The maximum Gasteiger partial charge on any atom is 0.284 e. The van der Waals surface area contributed by atoms with E-state index < -0.39 is 11.7 Å². The molecule has 2 atom stereocenters. The SMILES string of the molecule is COc1cc(Oc2ccn3ncnc3c2)c(C)cc1Nc1ncnc2cc(OC3CCOC3)c(NC(=O)/C(F)=C/C3CCCN3C)cc12. The first-order chi connectivity index (χ1) is 23.3. The van der Waals surface area contributed by atoms with Crippen LogP contribution >= 0.6 is 0 Å². The van der Waals surface area contributed by atoms with E-state index in [-0.39, 0.29) is 17.8 Å². The first kappa shape index (κ1) is 31.3. The molecule has 3 aromatic heterocycles. The number of hydrogen-bond donors (Lipinski definition) is 2. The number of aryl methyl sites for hydroxylation is 1. The molecular formula is C34H35FN8O5. The van der Waals surface area contributed by atoms with Gasteiger partial charge in [0, 0.05) is 42.2 Å². The smallest absolute Gasteiger partial charge is 0.284 e. The quantitative estimate of drug-likeness (QED) is 0.183. The summed E-state index contributed by atoms with van der Waals surface area (Å²) in [7, 11) is 3.49. The first-order valence-corrected chi connectivity index (χ1v) is 15.7. The zero-order valence-electron chi connectivity index (χ0n) is 26.8. The number of amides is 1. The number of hydrogen-bond acceptors (Lipinski definition) is 11. The Bertz CT molecular complexity index is 2010. The van der Waals surface area contributed by atoms with Gasteiger partial charge in [-0.25, -0.2) is 23.9 Å². The summed E-state index contributed by atoms with van der Waals surface area (Å²) in [4.78, 5) is 28.3. The fraction of sp³-hybridized carbons (Fsp3) is 0.324. The Hall–Kier alpha value is -5.34. The molecule has 0 bridgehead atoms. The van der Waals surface area contributed by atoms with E-state index in [1.807, 2.05) is 24.9 Å². The summed E-state index contributed by atoms with van der Waals surface area (Å²) >= 11 is 0. The maximum atomic E-state index is 15.2. The molecule has 2 unspecified atom stereocenters. The third-order valence-electron chi connectivity index (χ3n) is 8.53. The van der Waals surface area contributed by atoms with E-state index in [0.29, 0.717) is 70.7 Å². The molecule has 0 aliphatic carbocycles. The summed E-state index contributed by atoms with van der Waals surface area (Å²) in [5.41, 5.74) is 2.96. The molecule has 48 heavy (non-hydrogen) atoms. The second kappa shape index (κ2) is 13.4. The van der Waals surface area contributed by atoms with Crippen molar-refractivity contribution in [3.8, 4) is 23.0 Å². The molecule has 2 aliphatic rings. The number of likely N-dealkylation sites (N-methyl/N-ethyl adjacent to an activating group) is 1. The van der Waals surface area contributed by atoms with Gasteiger partial charge in [0.1, 0.15) is 47.6 Å². The van der Waals surface area contributed by atoms with Gasteiger partial charge in [0.05, 0.1) is 37.2 Å². The predicted molar refractivity (Wildman–Crippen MR) is 177 cm³/mol. The van der Waals surface area contributed by atoms with Gasteiger partial charge in [-0.3, -0.25) is 9.69 Å². The molecule has 13 nitrogen and oxygen atoms in total. The number of methoxy groups -OCH3 is 1. The number of pyridine rings is 1. The van der Waals surface area contributed by atoms with Gasteiger partial charge in [0.25, 0.3) is 5.91 Å². The normalized spacial score (nSPS) is 18.4. The Labute approximate surface area is 275 Å². The molecule has 0 spiro atoms. The van der Waals surface area contributed by atoms with Crippen LogP contribution < -0.4 is 24.8 Å². The highest BCUT2D eigenvalue weighted by Gasteiger charge is 2.24. The molecule has 5 aromatic rings. The van der Waals surface area contributed by atoms with Crippen LogP contribution in [0.3, 0.4) is 0 Å². The second-order valence-electron chi connectivity index (χ2n) is 11.8. The van der Waals surface area contributed by atoms with Gasteiger partial charge >= 0.3 is 0 Å². The number of ether oxygens (including phenoxy) is 4. The number of fused-ring (bicyclic) bond motifs is 2. The fourth-order valence-electron chi connectivity index (χ4n) is 5.90. The predicted octanol–water partition coefficient (Wildman–Crippen LogP) is 5.58. The number of anilines is 3. The van der Waals surface area contributed by atoms with Gasteiger partial charge in [0.15, 0.2) is 11.5 Å². The third kappa shape index (κ3) is 6.57. The Balaban J connectivity index is 1.19. The zero-order chi connectivity index (χ0) is 33.2. The molecule has 2 saturated heterocycles. The summed E-state index contributed by atoms with van der Waals surface area (Å²) in [6.07, 6.45) is 8.29. The Morgan fingerprint density at radius 3 is 2.75 bits per heavy atom. The average molecular weight is 655 g/mol. The van der Waals surface area contributed by atoms with Crippen LogP contribution in [0.1, 0.15) is 24.8 Å². The molecule has 2 N–H and O–H groups in total. The van der Waals surface area contributed by atoms with Gasteiger partial charge in [-0.05, 0) is 63.2 Å². The number of halogens is 1. The summed E-state index contributed by atoms with van der Waals surface area (Å²) in [5.74, 6) is 0.793. The van der Waals surface area contributed by atoms with E-state index in [0.717, 1.165) is 24.9 Å². The van der Waals surface area contributed by atoms with Crippen molar-refractivity contribution >= 4 is 39.6 Å². The number of aromatic nitrogens is 5. The minimum atomic E-state index is -0.857. The lowest BCUT2D eigenvalue weighted by Gasteiger charge is -2.19.